The molecule has 0 fully saturated rings. The number of hydrogen-bond acceptors (Lipinski definition) is 8. The molecule has 0 unspecified atom stereocenters. The first kappa shape index (κ1) is 33.6. The number of benzene rings is 3. The molecule has 1 heterocycles. The number of aromatic hydroxyl groups is 1. The van der Waals surface area contributed by atoms with Crippen LogP contribution in [0.4, 0.5) is 24.7 Å². The Labute approximate surface area is 254 Å². The topological polar surface area (TPSA) is 188 Å². The highest BCUT2D eigenvalue weighted by atomic mass is 19.4. The van der Waals surface area contributed by atoms with Crippen LogP contribution in [0, 0.1) is 11.3 Å². The average Bonchev–Trinajstić information content (AvgIpc) is 3.01. The maximum atomic E-state index is 13.0. The summed E-state index contributed by atoms with van der Waals surface area (Å²) in [7, 11) is 1.47. The molecule has 6 N–H and O–H groups in total. The van der Waals surface area contributed by atoms with Crippen molar-refractivity contribution in [1.29, 1.82) is 5.26 Å². The number of anilines is 2. The molecule has 0 saturated carbocycles. The van der Waals surface area contributed by atoms with Gasteiger partial charge in [-0.3, -0.25) is 9.59 Å². The molecule has 0 aliphatic carbocycles. The third kappa shape index (κ3) is 8.78. The minimum absolute atomic E-state index is 0.0109. The summed E-state index contributed by atoms with van der Waals surface area (Å²) in [6.45, 7) is 0.213. The molecule has 0 saturated heterocycles. The SMILES string of the molecule is COc1cccc(O)c1-c1cc(-c2cccc(NC(=O)CCN)c2)c(C#N)c(NC(=O)c2ccccc2)n1.O=C(O)C(F)(F)F. The smallest absolute Gasteiger partial charge is 0.490 e. The number of aromatic nitrogens is 1. The Morgan fingerprint density at radius 2 is 1.67 bits per heavy atom. The lowest BCUT2D eigenvalue weighted by Gasteiger charge is -2.16. The van der Waals surface area contributed by atoms with E-state index in [-0.39, 0.29) is 41.7 Å². The summed E-state index contributed by atoms with van der Waals surface area (Å²) in [4.78, 5) is 38.6. The minimum Gasteiger partial charge on any atom is -0.507 e. The van der Waals surface area contributed by atoms with E-state index in [1.54, 1.807) is 72.8 Å². The number of alkyl halides is 3. The number of phenols is 1. The molecule has 232 valence electrons. The normalized spacial score (nSPS) is 10.5. The fourth-order valence-corrected chi connectivity index (χ4v) is 3.94. The summed E-state index contributed by atoms with van der Waals surface area (Å²) in [6, 6.07) is 24.0. The van der Waals surface area contributed by atoms with Crippen LogP contribution in [0.5, 0.6) is 11.5 Å². The number of carbonyl (C=O) groups excluding carboxylic acids is 2. The molecule has 0 spiro atoms. The van der Waals surface area contributed by atoms with Crippen LogP contribution in [-0.4, -0.2) is 52.8 Å². The second-order valence-electron chi connectivity index (χ2n) is 9.04. The standard InChI is InChI=1S/C29H25N5O4.C2HF3O2/c1-38-25-12-6-11-24(35)27(25)23-16-21(19-9-5-10-20(15-19)32-26(36)13-14-30)22(17-31)28(33-23)34-29(37)18-7-3-2-4-8-18;3-2(4,5)1(6)7/h2-12,15-16,35H,13-14,30H2,1H3,(H,32,36)(H,33,34,37);(H,6,7). The van der Waals surface area contributed by atoms with E-state index in [1.165, 1.54) is 13.2 Å². The van der Waals surface area contributed by atoms with Gasteiger partial charge in [0.25, 0.3) is 5.91 Å². The molecule has 3 aromatic carbocycles. The van der Waals surface area contributed by atoms with Crippen LogP contribution < -0.4 is 21.1 Å². The summed E-state index contributed by atoms with van der Waals surface area (Å²) in [6.07, 6.45) is -4.92. The van der Waals surface area contributed by atoms with E-state index in [0.717, 1.165) is 0 Å². The number of pyridine rings is 1. The predicted octanol–water partition coefficient (Wildman–Crippen LogP) is 5.17. The number of carbonyl (C=O) groups is 3. The molecule has 1 aromatic heterocycles. The number of nitrogens with one attached hydrogen (secondary N) is 2. The largest absolute Gasteiger partial charge is 0.507 e. The second-order valence-corrected chi connectivity index (χ2v) is 9.04. The molecule has 0 radical (unpaired) electrons. The van der Waals surface area contributed by atoms with Crippen molar-refractivity contribution in [2.24, 2.45) is 5.73 Å². The lowest BCUT2D eigenvalue weighted by atomic mass is 9.97. The Hall–Kier alpha value is -5.94. The molecule has 2 amide bonds. The van der Waals surface area contributed by atoms with Gasteiger partial charge in [-0.15, -0.1) is 0 Å². The van der Waals surface area contributed by atoms with Gasteiger partial charge in [0.05, 0.1) is 18.4 Å². The minimum atomic E-state index is -5.08. The van der Waals surface area contributed by atoms with Crippen molar-refractivity contribution in [1.82, 2.24) is 4.98 Å². The van der Waals surface area contributed by atoms with Crippen LogP contribution in [-0.2, 0) is 9.59 Å². The molecule has 45 heavy (non-hydrogen) atoms. The zero-order valence-corrected chi connectivity index (χ0v) is 23.6. The number of methoxy groups -OCH3 is 1. The van der Waals surface area contributed by atoms with E-state index < -0.39 is 18.1 Å². The fraction of sp³-hybridized carbons (Fsp3) is 0.129. The molecule has 4 rings (SSSR count). The van der Waals surface area contributed by atoms with Crippen LogP contribution >= 0.6 is 0 Å². The van der Waals surface area contributed by atoms with Crippen LogP contribution in [0.3, 0.4) is 0 Å². The van der Waals surface area contributed by atoms with Gasteiger partial charge >= 0.3 is 12.1 Å². The molecule has 4 aromatic rings. The average molecular weight is 622 g/mol. The second kappa shape index (κ2) is 15.0. The van der Waals surface area contributed by atoms with Crippen molar-refractivity contribution in [3.8, 4) is 40.0 Å². The Bertz CT molecular complexity index is 1740. The number of carboxylic acid groups (broad SMARTS) is 1. The van der Waals surface area contributed by atoms with Gasteiger partial charge in [-0.2, -0.15) is 18.4 Å². The number of nitriles is 1. The van der Waals surface area contributed by atoms with Gasteiger partial charge in [0.2, 0.25) is 5.91 Å². The summed E-state index contributed by atoms with van der Waals surface area (Å²) < 4.78 is 37.2. The number of halogens is 3. The number of phenolic OH excluding ortho intramolecular Hbond substituents is 1. The monoisotopic (exact) mass is 621 g/mol. The quantitative estimate of drug-likeness (QED) is 0.177. The number of hydrogen-bond donors (Lipinski definition) is 5. The predicted molar refractivity (Wildman–Crippen MR) is 158 cm³/mol. The molecule has 11 nitrogen and oxygen atoms in total. The number of aliphatic carboxylic acids is 1. The highest BCUT2D eigenvalue weighted by Crippen LogP contribution is 2.40. The van der Waals surface area contributed by atoms with Gasteiger partial charge in [0.1, 0.15) is 23.1 Å². The molecule has 0 aliphatic rings. The number of ether oxygens (including phenoxy) is 1. The Morgan fingerprint density at radius 1 is 1.00 bits per heavy atom. The Kier molecular flexibility index (Phi) is 11.2. The number of nitrogens with zero attached hydrogens (tertiary/aromatic N) is 2. The van der Waals surface area contributed by atoms with Crippen molar-refractivity contribution in [2.75, 3.05) is 24.3 Å². The van der Waals surface area contributed by atoms with Crippen molar-refractivity contribution in [2.45, 2.75) is 12.6 Å². The van der Waals surface area contributed by atoms with E-state index in [2.05, 4.69) is 21.7 Å². The summed E-state index contributed by atoms with van der Waals surface area (Å²) in [5.74, 6) is -3.17. The maximum Gasteiger partial charge on any atom is 0.490 e. The zero-order chi connectivity index (χ0) is 33.1. The highest BCUT2D eigenvalue weighted by Gasteiger charge is 2.38. The number of rotatable bonds is 8. The molecule has 0 atom stereocenters. The third-order valence-electron chi connectivity index (χ3n) is 5.95. The molecule has 14 heteroatoms. The van der Waals surface area contributed by atoms with E-state index in [0.29, 0.717) is 33.7 Å². The first-order chi connectivity index (χ1) is 21.4. The molecular weight excluding hydrogens is 595 g/mol. The van der Waals surface area contributed by atoms with Gasteiger partial charge in [0.15, 0.2) is 5.82 Å². The molecular formula is C31H26F3N5O6. The lowest BCUT2D eigenvalue weighted by molar-refractivity contribution is -0.192. The summed E-state index contributed by atoms with van der Waals surface area (Å²) in [5, 5.41) is 33.5. The Balaban J connectivity index is 0.000000707. The number of amides is 2. The number of carboxylic acids is 1. The number of nitrogens with two attached hydrogens (primary N) is 1. The van der Waals surface area contributed by atoms with Gasteiger partial charge in [0, 0.05) is 29.8 Å². The highest BCUT2D eigenvalue weighted by molar-refractivity contribution is 6.05. The van der Waals surface area contributed by atoms with E-state index in [1.807, 2.05) is 0 Å². The van der Waals surface area contributed by atoms with Crippen LogP contribution in [0.1, 0.15) is 22.3 Å². The van der Waals surface area contributed by atoms with Gasteiger partial charge < -0.3 is 31.3 Å². The van der Waals surface area contributed by atoms with Crippen LogP contribution in [0.25, 0.3) is 22.4 Å². The Morgan fingerprint density at radius 3 is 2.27 bits per heavy atom. The van der Waals surface area contributed by atoms with E-state index in [9.17, 15) is 33.1 Å². The summed E-state index contributed by atoms with van der Waals surface area (Å²) >= 11 is 0. The molecule has 0 bridgehead atoms. The van der Waals surface area contributed by atoms with Crippen LogP contribution in [0.15, 0.2) is 78.9 Å². The van der Waals surface area contributed by atoms with Crippen molar-refractivity contribution < 1.29 is 42.5 Å². The van der Waals surface area contributed by atoms with Crippen LogP contribution in [0.2, 0.25) is 0 Å². The molecule has 0 aliphatic heterocycles. The van der Waals surface area contributed by atoms with Crippen molar-refractivity contribution >= 4 is 29.3 Å². The van der Waals surface area contributed by atoms with Gasteiger partial charge in [-0.1, -0.05) is 36.4 Å². The first-order valence-corrected chi connectivity index (χ1v) is 13.0. The zero-order valence-electron chi connectivity index (χ0n) is 23.6. The van der Waals surface area contributed by atoms with Gasteiger partial charge in [-0.25, -0.2) is 9.78 Å². The van der Waals surface area contributed by atoms with Crippen molar-refractivity contribution in [3.05, 3.63) is 90.0 Å². The van der Waals surface area contributed by atoms with Crippen molar-refractivity contribution in [3.63, 3.8) is 0 Å². The maximum absolute atomic E-state index is 13.0. The lowest BCUT2D eigenvalue weighted by Crippen LogP contribution is -2.21. The van der Waals surface area contributed by atoms with E-state index >= 15 is 0 Å². The third-order valence-corrected chi connectivity index (χ3v) is 5.95. The van der Waals surface area contributed by atoms with E-state index in [4.69, 9.17) is 20.4 Å². The fourth-order valence-electron chi connectivity index (χ4n) is 3.94. The first-order valence-electron chi connectivity index (χ1n) is 13.0. The van der Waals surface area contributed by atoms with Gasteiger partial charge in [-0.05, 0) is 48.0 Å². The summed E-state index contributed by atoms with van der Waals surface area (Å²) in [5.41, 5.74) is 8.07.